The highest BCUT2D eigenvalue weighted by Crippen LogP contribution is 2.40. The fourth-order valence-corrected chi connectivity index (χ4v) is 5.98. The highest BCUT2D eigenvalue weighted by molar-refractivity contribution is 7.91. The number of halogens is 6. The van der Waals surface area contributed by atoms with Gasteiger partial charge in [-0.15, -0.1) is 0 Å². The number of sulfone groups is 1. The molecule has 0 aromatic carbocycles. The molecule has 3 heterocycles. The van der Waals surface area contributed by atoms with E-state index in [9.17, 15) is 41.6 Å². The topological polar surface area (TPSA) is 185 Å². The number of carbonyl (C=O) groups is 2. The summed E-state index contributed by atoms with van der Waals surface area (Å²) in [5.41, 5.74) is -1.28. The molecule has 2 atom stereocenters. The van der Waals surface area contributed by atoms with Gasteiger partial charge in [0, 0.05) is 24.3 Å². The van der Waals surface area contributed by atoms with Crippen molar-refractivity contribution in [3.63, 3.8) is 0 Å². The van der Waals surface area contributed by atoms with Crippen LogP contribution in [0.2, 0.25) is 0 Å². The molecule has 1 aliphatic heterocycles. The molecule has 2 aromatic heterocycles. The number of rotatable bonds is 10. The lowest BCUT2D eigenvalue weighted by atomic mass is 9.98. The fraction of sp³-hybridized carbons (Fsp3) is 0.333. The number of amides is 2. The second-order valence-corrected chi connectivity index (χ2v) is 10.8. The number of nitrogens with zero attached hydrogens (tertiary/aromatic N) is 4. The molecule has 216 valence electrons. The molecule has 12 nitrogen and oxygen atoms in total. The van der Waals surface area contributed by atoms with Crippen molar-refractivity contribution < 1.29 is 49.4 Å². The average molecular weight is 613 g/mol. The third kappa shape index (κ3) is 6.50. The zero-order chi connectivity index (χ0) is 30.1. The number of aromatic nitrogens is 2. The largest absolute Gasteiger partial charge is 0.618 e. The van der Waals surface area contributed by atoms with E-state index in [2.05, 4.69) is 9.98 Å². The van der Waals surface area contributed by atoms with Crippen LogP contribution in [0.1, 0.15) is 23.1 Å². The molecular formula is C21H18ClF5N6O6S. The van der Waals surface area contributed by atoms with Crippen molar-refractivity contribution in [1.82, 2.24) is 5.32 Å². The Hall–Kier alpha value is -3.77. The predicted octanol–water partition coefficient (Wildman–Crippen LogP) is 0.543. The molecule has 19 heteroatoms. The summed E-state index contributed by atoms with van der Waals surface area (Å²) in [5, 5.41) is 22.6. The molecule has 0 radical (unpaired) electrons. The standard InChI is InChI=1S/C21H18ClF5N6O6S/c22-17-12(9-15(28)34)31-21(18(35)30-17,29-10-19(23,24)14-6-2-4-8-33(14)37)16(13-5-1-3-7-32(13)36)40(38,39)11-20(25,26)27/h1-8,16,29H,9-11H2,(H2,28,34). The number of hydrogen-bond acceptors (Lipinski definition) is 8. The van der Waals surface area contributed by atoms with Gasteiger partial charge in [0.15, 0.2) is 32.7 Å². The molecule has 3 rings (SSSR count). The summed E-state index contributed by atoms with van der Waals surface area (Å²) in [5.74, 6) is -9.79. The zero-order valence-corrected chi connectivity index (χ0v) is 21.4. The van der Waals surface area contributed by atoms with Crippen LogP contribution in [0.25, 0.3) is 0 Å². The first-order valence-corrected chi connectivity index (χ1v) is 12.9. The Bertz CT molecular complexity index is 1500. The summed E-state index contributed by atoms with van der Waals surface area (Å²) in [6.07, 6.45) is -5.00. The van der Waals surface area contributed by atoms with E-state index in [1.54, 1.807) is 0 Å². The van der Waals surface area contributed by atoms with E-state index in [4.69, 9.17) is 17.3 Å². The Morgan fingerprint density at radius 2 is 1.70 bits per heavy atom. The van der Waals surface area contributed by atoms with Crippen LogP contribution in [0, 0.1) is 10.4 Å². The number of aliphatic imine (C=N–C) groups is 2. The number of nitrogens with one attached hydrogen (secondary N) is 1. The van der Waals surface area contributed by atoms with Gasteiger partial charge in [-0.2, -0.15) is 36.4 Å². The summed E-state index contributed by atoms with van der Waals surface area (Å²) in [6.45, 7) is -1.78. The van der Waals surface area contributed by atoms with Crippen molar-refractivity contribution in [2.24, 2.45) is 15.7 Å². The molecule has 1 aliphatic rings. The maximum absolute atomic E-state index is 15.2. The summed E-state index contributed by atoms with van der Waals surface area (Å²) >= 11 is 5.83. The Morgan fingerprint density at radius 3 is 2.25 bits per heavy atom. The van der Waals surface area contributed by atoms with Crippen LogP contribution in [0.5, 0.6) is 0 Å². The van der Waals surface area contributed by atoms with Crippen molar-refractivity contribution in [2.45, 2.75) is 29.4 Å². The van der Waals surface area contributed by atoms with Gasteiger partial charge in [0.2, 0.25) is 17.3 Å². The quantitative estimate of drug-likeness (QED) is 0.223. The van der Waals surface area contributed by atoms with Crippen molar-refractivity contribution >= 4 is 44.1 Å². The molecular weight excluding hydrogens is 595 g/mol. The van der Waals surface area contributed by atoms with Crippen molar-refractivity contribution in [2.75, 3.05) is 12.3 Å². The molecule has 2 amide bonds. The maximum atomic E-state index is 15.2. The Kier molecular flexibility index (Phi) is 8.47. The summed E-state index contributed by atoms with van der Waals surface area (Å²) in [7, 11) is -5.73. The van der Waals surface area contributed by atoms with Gasteiger partial charge < -0.3 is 16.1 Å². The van der Waals surface area contributed by atoms with Gasteiger partial charge in [0.05, 0.1) is 18.7 Å². The van der Waals surface area contributed by atoms with Crippen molar-refractivity contribution in [3.8, 4) is 0 Å². The first kappa shape index (κ1) is 30.8. The van der Waals surface area contributed by atoms with Crippen molar-refractivity contribution in [3.05, 3.63) is 70.6 Å². The van der Waals surface area contributed by atoms with Crippen LogP contribution >= 0.6 is 11.6 Å². The smallest absolute Gasteiger partial charge is 0.402 e. The predicted molar refractivity (Wildman–Crippen MR) is 128 cm³/mol. The molecule has 0 fully saturated rings. The lowest BCUT2D eigenvalue weighted by Crippen LogP contribution is -2.63. The first-order valence-electron chi connectivity index (χ1n) is 10.8. The first-order chi connectivity index (χ1) is 18.4. The van der Waals surface area contributed by atoms with Crippen LogP contribution in [0.15, 0.2) is 58.8 Å². The van der Waals surface area contributed by atoms with Gasteiger partial charge >= 0.3 is 12.1 Å². The summed E-state index contributed by atoms with van der Waals surface area (Å²) in [6, 6.07) is 5.71. The minimum absolute atomic E-state index is 0.209. The fourth-order valence-electron chi connectivity index (χ4n) is 3.86. The van der Waals surface area contributed by atoms with Crippen LogP contribution in [0.3, 0.4) is 0 Å². The second kappa shape index (κ2) is 11.0. The molecule has 3 N–H and O–H groups in total. The average Bonchev–Trinajstić information content (AvgIpc) is 2.80. The van der Waals surface area contributed by atoms with E-state index in [1.807, 2.05) is 5.32 Å². The lowest BCUT2D eigenvalue weighted by Gasteiger charge is -2.37. The molecule has 0 bridgehead atoms. The number of pyridine rings is 2. The number of alkyl halides is 5. The molecule has 0 spiro atoms. The summed E-state index contributed by atoms with van der Waals surface area (Å²) in [4.78, 5) is 31.9. The maximum Gasteiger partial charge on any atom is 0.402 e. The SMILES string of the molecule is NC(=O)CC1=NC(NCC(F)(F)c2cccc[n+]2[O-])(C(c2cccc[n+]2[O-])S(=O)(=O)CC(F)(F)F)C(=O)N=C1Cl. The number of nitrogens with two attached hydrogens (primary N) is 1. The van der Waals surface area contributed by atoms with Crippen molar-refractivity contribution in [1.29, 1.82) is 0 Å². The van der Waals surface area contributed by atoms with E-state index < -0.39 is 85.7 Å². The van der Waals surface area contributed by atoms with Gasteiger partial charge in [-0.1, -0.05) is 11.6 Å². The Labute approximate surface area is 227 Å². The van der Waals surface area contributed by atoms with Crippen LogP contribution in [0.4, 0.5) is 22.0 Å². The minimum atomic E-state index is -5.73. The highest BCUT2D eigenvalue weighted by Gasteiger charge is 2.61. The van der Waals surface area contributed by atoms with Crippen LogP contribution in [-0.4, -0.2) is 55.3 Å². The monoisotopic (exact) mass is 612 g/mol. The Morgan fingerprint density at radius 1 is 1.10 bits per heavy atom. The van der Waals surface area contributed by atoms with E-state index in [1.165, 1.54) is 0 Å². The van der Waals surface area contributed by atoms with Crippen LogP contribution in [-0.2, 0) is 25.3 Å². The third-order valence-corrected chi connectivity index (χ3v) is 7.75. The van der Waals surface area contributed by atoms with E-state index in [0.717, 1.165) is 30.3 Å². The number of carbonyl (C=O) groups excluding carboxylic acids is 2. The van der Waals surface area contributed by atoms with E-state index in [-0.39, 0.29) is 9.46 Å². The minimum Gasteiger partial charge on any atom is -0.618 e. The molecule has 2 unspecified atom stereocenters. The normalized spacial score (nSPS) is 19.1. The van der Waals surface area contributed by atoms with Gasteiger partial charge in [-0.3, -0.25) is 19.9 Å². The molecule has 0 saturated carbocycles. The van der Waals surface area contributed by atoms with E-state index >= 15 is 8.78 Å². The van der Waals surface area contributed by atoms with Gasteiger partial charge in [0.25, 0.3) is 11.6 Å². The van der Waals surface area contributed by atoms with Crippen LogP contribution < -0.4 is 20.5 Å². The molecule has 2 aromatic rings. The third-order valence-electron chi connectivity index (χ3n) is 5.42. The molecule has 0 saturated heterocycles. The zero-order valence-electron chi connectivity index (χ0n) is 19.8. The van der Waals surface area contributed by atoms with Gasteiger partial charge in [-0.25, -0.2) is 8.42 Å². The number of primary amides is 1. The summed E-state index contributed by atoms with van der Waals surface area (Å²) < 4.78 is 96.6. The molecule has 40 heavy (non-hydrogen) atoms. The Balaban J connectivity index is 2.33. The molecule has 0 aliphatic carbocycles. The highest BCUT2D eigenvalue weighted by atomic mass is 35.5. The van der Waals surface area contributed by atoms with E-state index in [0.29, 0.717) is 18.5 Å². The van der Waals surface area contributed by atoms with Gasteiger partial charge in [0.1, 0.15) is 5.75 Å². The lowest BCUT2D eigenvalue weighted by molar-refractivity contribution is -0.624. The van der Waals surface area contributed by atoms with Gasteiger partial charge in [-0.05, 0) is 12.1 Å². The number of hydrogen-bond donors (Lipinski definition) is 2. The second-order valence-electron chi connectivity index (χ2n) is 8.40.